The quantitative estimate of drug-likeness (QED) is 0.438. The summed E-state index contributed by atoms with van der Waals surface area (Å²) in [5.74, 6) is 0.742. The first-order valence-electron chi connectivity index (χ1n) is 9.91. The van der Waals surface area contributed by atoms with Gasteiger partial charge in [-0.25, -0.2) is 4.21 Å². The second kappa shape index (κ2) is 9.68. The molecule has 0 spiro atoms. The SMILES string of the molecule is O=C(/C=C/c1ccccn1)NCC1Cc2cccc(-c3ccc(CS(=O)O)cc3)c2O1. The molecule has 0 fully saturated rings. The number of nitrogens with one attached hydrogen (secondary N) is 1. The number of pyridine rings is 1. The van der Waals surface area contributed by atoms with Gasteiger partial charge in [-0.1, -0.05) is 48.5 Å². The molecule has 0 radical (unpaired) electrons. The number of fused-ring (bicyclic) bond motifs is 1. The van der Waals surface area contributed by atoms with Crippen LogP contribution in [0, 0.1) is 0 Å². The lowest BCUT2D eigenvalue weighted by molar-refractivity contribution is -0.116. The summed E-state index contributed by atoms with van der Waals surface area (Å²) in [6, 6.07) is 19.1. The smallest absolute Gasteiger partial charge is 0.244 e. The molecule has 2 unspecified atom stereocenters. The molecular formula is C24H22N2O4S. The minimum absolute atomic E-state index is 0.111. The van der Waals surface area contributed by atoms with E-state index in [1.807, 2.05) is 60.7 Å². The topological polar surface area (TPSA) is 88.5 Å². The van der Waals surface area contributed by atoms with Crippen molar-refractivity contribution < 1.29 is 18.3 Å². The molecule has 2 N–H and O–H groups in total. The van der Waals surface area contributed by atoms with Crippen LogP contribution in [0.25, 0.3) is 17.2 Å². The summed E-state index contributed by atoms with van der Waals surface area (Å²) in [5, 5.41) is 2.88. The first-order chi connectivity index (χ1) is 15.1. The maximum atomic E-state index is 12.1. The maximum Gasteiger partial charge on any atom is 0.244 e. The molecule has 1 aliphatic rings. The van der Waals surface area contributed by atoms with Crippen LogP contribution in [0.3, 0.4) is 0 Å². The second-order valence-corrected chi connectivity index (χ2v) is 8.17. The molecule has 6 nitrogen and oxygen atoms in total. The monoisotopic (exact) mass is 434 g/mol. The first kappa shape index (κ1) is 21.0. The van der Waals surface area contributed by atoms with Gasteiger partial charge < -0.3 is 14.6 Å². The third-order valence-electron chi connectivity index (χ3n) is 4.98. The van der Waals surface area contributed by atoms with Crippen LogP contribution in [-0.2, 0) is 28.0 Å². The Bertz CT molecular complexity index is 1110. The molecule has 158 valence electrons. The Morgan fingerprint density at radius 3 is 2.74 bits per heavy atom. The van der Waals surface area contributed by atoms with Gasteiger partial charge in [0.2, 0.25) is 5.91 Å². The van der Waals surface area contributed by atoms with E-state index in [1.54, 1.807) is 12.3 Å². The standard InChI is InChI=1S/C24H22N2O4S/c27-23(12-11-20-5-1-2-13-25-20)26-15-21-14-19-4-3-6-22(24(19)30-21)18-9-7-17(8-10-18)16-31(28)29/h1-13,21H,14-16H2,(H,26,27)(H,28,29)/b12-11+. The van der Waals surface area contributed by atoms with Crippen LogP contribution in [0.4, 0.5) is 0 Å². The van der Waals surface area contributed by atoms with E-state index >= 15 is 0 Å². The highest BCUT2D eigenvalue weighted by molar-refractivity contribution is 7.78. The normalized spacial score (nSPS) is 16.0. The minimum Gasteiger partial charge on any atom is -0.487 e. The number of benzene rings is 2. The van der Waals surface area contributed by atoms with Crippen LogP contribution in [0.5, 0.6) is 5.75 Å². The van der Waals surface area contributed by atoms with Crippen molar-refractivity contribution in [2.24, 2.45) is 0 Å². The maximum absolute atomic E-state index is 12.1. The number of ether oxygens (including phenoxy) is 1. The summed E-state index contributed by atoms with van der Waals surface area (Å²) in [7, 11) is 0. The number of rotatable bonds is 7. The van der Waals surface area contributed by atoms with Crippen LogP contribution in [0.1, 0.15) is 16.8 Å². The largest absolute Gasteiger partial charge is 0.487 e. The first-order valence-corrected chi connectivity index (χ1v) is 11.2. The fourth-order valence-electron chi connectivity index (χ4n) is 3.51. The molecule has 0 aliphatic carbocycles. The predicted octanol–water partition coefficient (Wildman–Crippen LogP) is 3.60. The molecule has 2 aromatic carbocycles. The Morgan fingerprint density at radius 2 is 2.00 bits per heavy atom. The molecule has 1 aliphatic heterocycles. The zero-order valence-corrected chi connectivity index (χ0v) is 17.5. The Kier molecular flexibility index (Phi) is 6.54. The molecule has 3 aromatic rings. The van der Waals surface area contributed by atoms with Gasteiger partial charge in [0.1, 0.15) is 11.9 Å². The number of hydrogen-bond donors (Lipinski definition) is 2. The van der Waals surface area contributed by atoms with E-state index in [4.69, 9.17) is 9.29 Å². The number of aromatic nitrogens is 1. The average Bonchev–Trinajstić information content (AvgIpc) is 3.20. The molecule has 1 amide bonds. The third-order valence-corrected chi connectivity index (χ3v) is 5.56. The van der Waals surface area contributed by atoms with E-state index in [-0.39, 0.29) is 17.8 Å². The van der Waals surface area contributed by atoms with E-state index in [0.29, 0.717) is 6.54 Å². The number of amides is 1. The van der Waals surface area contributed by atoms with Gasteiger partial charge >= 0.3 is 0 Å². The lowest BCUT2D eigenvalue weighted by Gasteiger charge is -2.13. The summed E-state index contributed by atoms with van der Waals surface area (Å²) in [6.07, 6.45) is 5.40. The number of para-hydroxylation sites is 1. The highest BCUT2D eigenvalue weighted by Gasteiger charge is 2.25. The van der Waals surface area contributed by atoms with Crippen molar-refractivity contribution in [3.8, 4) is 16.9 Å². The predicted molar refractivity (Wildman–Crippen MR) is 121 cm³/mol. The van der Waals surface area contributed by atoms with Crippen molar-refractivity contribution in [3.63, 3.8) is 0 Å². The molecule has 0 saturated heterocycles. The third kappa shape index (κ3) is 5.45. The Balaban J connectivity index is 1.38. The van der Waals surface area contributed by atoms with Crippen LogP contribution in [0.15, 0.2) is 72.9 Å². The summed E-state index contributed by atoms with van der Waals surface area (Å²) in [4.78, 5) is 16.3. The van der Waals surface area contributed by atoms with Crippen molar-refractivity contribution in [3.05, 3.63) is 89.8 Å². The molecule has 4 rings (SSSR count). The molecule has 7 heteroatoms. The van der Waals surface area contributed by atoms with Gasteiger partial charge in [0.15, 0.2) is 11.1 Å². The van der Waals surface area contributed by atoms with Gasteiger partial charge in [-0.3, -0.25) is 9.78 Å². The fourth-order valence-corrected chi connectivity index (χ4v) is 3.99. The van der Waals surface area contributed by atoms with E-state index < -0.39 is 11.1 Å². The van der Waals surface area contributed by atoms with Gasteiger partial charge in [-0.2, -0.15) is 0 Å². The van der Waals surface area contributed by atoms with Crippen molar-refractivity contribution >= 4 is 23.1 Å². The lowest BCUT2D eigenvalue weighted by atomic mass is 10.00. The number of nitrogens with zero attached hydrogens (tertiary/aromatic N) is 1. The Labute approximate surface area is 183 Å². The van der Waals surface area contributed by atoms with Crippen molar-refractivity contribution in [2.75, 3.05) is 6.54 Å². The second-order valence-electron chi connectivity index (χ2n) is 7.23. The van der Waals surface area contributed by atoms with E-state index in [1.165, 1.54) is 6.08 Å². The number of carbonyl (C=O) groups is 1. The number of carbonyl (C=O) groups excluding carboxylic acids is 1. The Morgan fingerprint density at radius 1 is 1.16 bits per heavy atom. The van der Waals surface area contributed by atoms with Crippen LogP contribution in [0.2, 0.25) is 0 Å². The zero-order valence-electron chi connectivity index (χ0n) is 16.7. The van der Waals surface area contributed by atoms with Crippen LogP contribution in [-0.4, -0.2) is 32.3 Å². The molecule has 1 aromatic heterocycles. The average molecular weight is 435 g/mol. The summed E-state index contributed by atoms with van der Waals surface area (Å²) < 4.78 is 26.2. The highest BCUT2D eigenvalue weighted by atomic mass is 32.2. The Hall–Kier alpha value is -3.29. The van der Waals surface area contributed by atoms with Crippen LogP contribution < -0.4 is 10.1 Å². The fraction of sp³-hybridized carbons (Fsp3) is 0.167. The van der Waals surface area contributed by atoms with Crippen LogP contribution >= 0.6 is 0 Å². The molecule has 0 saturated carbocycles. The van der Waals surface area contributed by atoms with Gasteiger partial charge in [0, 0.05) is 24.3 Å². The van der Waals surface area contributed by atoms with Gasteiger partial charge in [0.25, 0.3) is 0 Å². The van der Waals surface area contributed by atoms with Crippen molar-refractivity contribution in [2.45, 2.75) is 18.3 Å². The van der Waals surface area contributed by atoms with Crippen molar-refractivity contribution in [1.82, 2.24) is 10.3 Å². The van der Waals surface area contributed by atoms with Gasteiger partial charge in [-0.15, -0.1) is 0 Å². The summed E-state index contributed by atoms with van der Waals surface area (Å²) >= 11 is -1.86. The summed E-state index contributed by atoms with van der Waals surface area (Å²) in [5.41, 5.74) is 4.58. The van der Waals surface area contributed by atoms with Gasteiger partial charge in [-0.05, 0) is 34.9 Å². The molecule has 2 atom stereocenters. The molecular weight excluding hydrogens is 412 g/mol. The number of hydrogen-bond acceptors (Lipinski definition) is 4. The lowest BCUT2D eigenvalue weighted by Crippen LogP contribution is -2.33. The van der Waals surface area contributed by atoms with E-state index in [9.17, 15) is 9.00 Å². The molecule has 2 heterocycles. The summed E-state index contributed by atoms with van der Waals surface area (Å²) in [6.45, 7) is 0.404. The van der Waals surface area contributed by atoms with Crippen molar-refractivity contribution in [1.29, 1.82) is 0 Å². The molecule has 31 heavy (non-hydrogen) atoms. The van der Waals surface area contributed by atoms with E-state index in [2.05, 4.69) is 10.3 Å². The zero-order chi connectivity index (χ0) is 21.6. The van der Waals surface area contributed by atoms with Gasteiger partial charge in [0.05, 0.1) is 18.0 Å². The minimum atomic E-state index is -1.86. The molecule has 0 bridgehead atoms. The van der Waals surface area contributed by atoms with E-state index in [0.717, 1.165) is 40.1 Å². The highest BCUT2D eigenvalue weighted by Crippen LogP contribution is 2.38.